The van der Waals surface area contributed by atoms with E-state index in [1.807, 2.05) is 6.92 Å². The first-order valence-electron chi connectivity index (χ1n) is 7.72. The molecule has 0 unspecified atom stereocenters. The summed E-state index contributed by atoms with van der Waals surface area (Å²) in [7, 11) is 0. The number of nitrogens with zero attached hydrogens (tertiary/aromatic N) is 1. The van der Waals surface area contributed by atoms with Gasteiger partial charge in [0.25, 0.3) is 0 Å². The second kappa shape index (κ2) is 9.07. The molecule has 2 amide bonds. The summed E-state index contributed by atoms with van der Waals surface area (Å²) in [5, 5.41) is 3.64. The molecular weight excluding hydrogens is 322 g/mol. The van der Waals surface area contributed by atoms with E-state index >= 15 is 0 Å². The van der Waals surface area contributed by atoms with Crippen molar-refractivity contribution in [2.45, 2.75) is 13.3 Å². The molecule has 7 nitrogen and oxygen atoms in total. The highest BCUT2D eigenvalue weighted by Crippen LogP contribution is 2.16. The van der Waals surface area contributed by atoms with E-state index in [0.717, 1.165) is 6.42 Å². The Kier molecular flexibility index (Phi) is 6.53. The van der Waals surface area contributed by atoms with Gasteiger partial charge in [-0.2, -0.15) is 5.10 Å². The van der Waals surface area contributed by atoms with Crippen molar-refractivity contribution >= 4 is 18.2 Å². The predicted octanol–water partition coefficient (Wildman–Crippen LogP) is 2.70. The van der Waals surface area contributed by atoms with Gasteiger partial charge in [-0.3, -0.25) is 0 Å². The van der Waals surface area contributed by atoms with E-state index in [9.17, 15) is 9.59 Å². The average Bonchev–Trinajstić information content (AvgIpc) is 2.61. The summed E-state index contributed by atoms with van der Waals surface area (Å²) in [5.41, 5.74) is 8.13. The molecule has 0 radical (unpaired) electrons. The van der Waals surface area contributed by atoms with Crippen LogP contribution in [0.1, 0.15) is 29.3 Å². The van der Waals surface area contributed by atoms with Gasteiger partial charge in [0, 0.05) is 0 Å². The Morgan fingerprint density at radius 2 is 1.72 bits per heavy atom. The van der Waals surface area contributed by atoms with Crippen molar-refractivity contribution in [2.24, 2.45) is 10.8 Å². The van der Waals surface area contributed by atoms with E-state index in [1.54, 1.807) is 48.5 Å². The van der Waals surface area contributed by atoms with Gasteiger partial charge < -0.3 is 15.2 Å². The van der Waals surface area contributed by atoms with Crippen molar-refractivity contribution in [1.29, 1.82) is 0 Å². The third-order valence-corrected chi connectivity index (χ3v) is 3.04. The Labute approximate surface area is 145 Å². The zero-order chi connectivity index (χ0) is 18.1. The molecule has 0 fully saturated rings. The van der Waals surface area contributed by atoms with Crippen molar-refractivity contribution in [1.82, 2.24) is 5.43 Å². The topological polar surface area (TPSA) is 103 Å². The van der Waals surface area contributed by atoms with Gasteiger partial charge in [-0.15, -0.1) is 0 Å². The third kappa shape index (κ3) is 5.98. The smallest absolute Gasteiger partial charge is 0.343 e. The van der Waals surface area contributed by atoms with E-state index in [1.165, 1.54) is 6.21 Å². The zero-order valence-corrected chi connectivity index (χ0v) is 13.8. The number of nitrogens with two attached hydrogens (primary N) is 1. The van der Waals surface area contributed by atoms with Crippen molar-refractivity contribution in [2.75, 3.05) is 6.61 Å². The lowest BCUT2D eigenvalue weighted by atomic mass is 10.2. The Bertz CT molecular complexity index is 740. The molecule has 2 aromatic carbocycles. The molecule has 0 saturated carbocycles. The van der Waals surface area contributed by atoms with Gasteiger partial charge in [-0.05, 0) is 60.5 Å². The number of primary amides is 1. The van der Waals surface area contributed by atoms with Gasteiger partial charge in [0.2, 0.25) is 0 Å². The molecule has 0 atom stereocenters. The molecule has 2 aromatic rings. The maximum absolute atomic E-state index is 12.1. The number of nitrogens with one attached hydrogen (secondary N) is 1. The molecule has 7 heteroatoms. The molecule has 0 heterocycles. The molecule has 130 valence electrons. The fourth-order valence-electron chi connectivity index (χ4n) is 1.87. The standard InChI is InChI=1S/C18H19N3O4/c1-2-11-24-15-9-5-14(6-10-15)17(22)25-16-7-3-13(4-8-16)12-20-21-18(19)23/h3-10,12H,2,11H2,1H3,(H3,19,21,23). The quantitative estimate of drug-likeness (QED) is 0.350. The van der Waals surface area contributed by atoms with Crippen molar-refractivity contribution in [3.05, 3.63) is 59.7 Å². The number of hydrazone groups is 1. The van der Waals surface area contributed by atoms with Crippen molar-refractivity contribution in [3.63, 3.8) is 0 Å². The highest BCUT2D eigenvalue weighted by molar-refractivity contribution is 5.91. The molecule has 0 aliphatic heterocycles. The lowest BCUT2D eigenvalue weighted by Gasteiger charge is -2.07. The van der Waals surface area contributed by atoms with Crippen molar-refractivity contribution < 1.29 is 19.1 Å². The number of esters is 1. The van der Waals surface area contributed by atoms with Crippen LogP contribution in [0.2, 0.25) is 0 Å². The molecule has 0 aromatic heterocycles. The number of amides is 2. The van der Waals surface area contributed by atoms with Gasteiger partial charge in [0.1, 0.15) is 11.5 Å². The van der Waals surface area contributed by atoms with Crippen LogP contribution in [0.3, 0.4) is 0 Å². The Hall–Kier alpha value is -3.35. The van der Waals surface area contributed by atoms with Crippen LogP contribution < -0.4 is 20.6 Å². The molecule has 0 spiro atoms. The first-order valence-corrected chi connectivity index (χ1v) is 7.72. The first-order chi connectivity index (χ1) is 12.1. The number of carbonyl (C=O) groups is 2. The van der Waals surface area contributed by atoms with Crippen LogP contribution in [-0.2, 0) is 0 Å². The molecule has 25 heavy (non-hydrogen) atoms. The van der Waals surface area contributed by atoms with Gasteiger partial charge in [0.15, 0.2) is 0 Å². The van der Waals surface area contributed by atoms with Gasteiger partial charge in [-0.25, -0.2) is 15.0 Å². The number of rotatable bonds is 7. The molecule has 0 aliphatic rings. The van der Waals surface area contributed by atoms with Crippen LogP contribution in [0, 0.1) is 0 Å². The Morgan fingerprint density at radius 3 is 2.32 bits per heavy atom. The number of hydrogen-bond acceptors (Lipinski definition) is 5. The van der Waals surface area contributed by atoms with E-state index in [2.05, 4.69) is 10.5 Å². The second-order valence-electron chi connectivity index (χ2n) is 5.07. The van der Waals surface area contributed by atoms with E-state index < -0.39 is 12.0 Å². The lowest BCUT2D eigenvalue weighted by Crippen LogP contribution is -2.24. The summed E-state index contributed by atoms with van der Waals surface area (Å²) in [6.07, 6.45) is 2.34. The predicted molar refractivity (Wildman–Crippen MR) is 93.9 cm³/mol. The zero-order valence-electron chi connectivity index (χ0n) is 13.8. The summed E-state index contributed by atoms with van der Waals surface area (Å²) in [6.45, 7) is 2.66. The van der Waals surface area contributed by atoms with E-state index in [0.29, 0.717) is 29.2 Å². The maximum Gasteiger partial charge on any atom is 0.343 e. The minimum Gasteiger partial charge on any atom is -0.494 e. The fourth-order valence-corrected chi connectivity index (χ4v) is 1.87. The normalized spacial score (nSPS) is 10.4. The van der Waals surface area contributed by atoms with Crippen LogP contribution in [0.5, 0.6) is 11.5 Å². The SMILES string of the molecule is CCCOc1ccc(C(=O)Oc2ccc(C=NNC(N)=O)cc2)cc1. The molecule has 2 rings (SSSR count). The minimum atomic E-state index is -0.743. The Morgan fingerprint density at radius 1 is 1.08 bits per heavy atom. The van der Waals surface area contributed by atoms with Crippen LogP contribution >= 0.6 is 0 Å². The number of benzene rings is 2. The summed E-state index contributed by atoms with van der Waals surface area (Å²) >= 11 is 0. The molecule has 0 aliphatic carbocycles. The van der Waals surface area contributed by atoms with Crippen LogP contribution in [0.25, 0.3) is 0 Å². The van der Waals surface area contributed by atoms with Crippen molar-refractivity contribution in [3.8, 4) is 11.5 Å². The summed E-state index contributed by atoms with van der Waals surface area (Å²) in [6, 6.07) is 12.7. The van der Waals surface area contributed by atoms with Gasteiger partial charge in [-0.1, -0.05) is 6.92 Å². The second-order valence-corrected chi connectivity index (χ2v) is 5.07. The maximum atomic E-state index is 12.1. The average molecular weight is 341 g/mol. The van der Waals surface area contributed by atoms with Crippen LogP contribution in [-0.4, -0.2) is 24.8 Å². The molecule has 0 bridgehead atoms. The van der Waals surface area contributed by atoms with E-state index in [-0.39, 0.29) is 0 Å². The van der Waals surface area contributed by atoms with Crippen LogP contribution in [0.15, 0.2) is 53.6 Å². The van der Waals surface area contributed by atoms with Gasteiger partial charge >= 0.3 is 12.0 Å². The number of urea groups is 1. The highest BCUT2D eigenvalue weighted by atomic mass is 16.5. The monoisotopic (exact) mass is 341 g/mol. The van der Waals surface area contributed by atoms with Crippen LogP contribution in [0.4, 0.5) is 4.79 Å². The summed E-state index contributed by atoms with van der Waals surface area (Å²) in [5.74, 6) is 0.654. The molecule has 3 N–H and O–H groups in total. The number of hydrogen-bond donors (Lipinski definition) is 2. The Balaban J connectivity index is 1.93. The molecular formula is C18H19N3O4. The third-order valence-electron chi connectivity index (χ3n) is 3.04. The molecule has 0 saturated heterocycles. The highest BCUT2D eigenvalue weighted by Gasteiger charge is 2.08. The summed E-state index contributed by atoms with van der Waals surface area (Å²) in [4.78, 5) is 22.6. The minimum absolute atomic E-state index is 0.399. The lowest BCUT2D eigenvalue weighted by molar-refractivity contribution is 0.0734. The van der Waals surface area contributed by atoms with Gasteiger partial charge in [0.05, 0.1) is 18.4 Å². The largest absolute Gasteiger partial charge is 0.494 e. The number of ether oxygens (including phenoxy) is 2. The summed E-state index contributed by atoms with van der Waals surface area (Å²) < 4.78 is 10.8. The fraction of sp³-hybridized carbons (Fsp3) is 0.167. The number of carbonyl (C=O) groups excluding carboxylic acids is 2. The van der Waals surface area contributed by atoms with E-state index in [4.69, 9.17) is 15.2 Å². The first kappa shape index (κ1) is 18.0.